The first-order chi connectivity index (χ1) is 11.6. The van der Waals surface area contributed by atoms with Crippen molar-refractivity contribution in [1.82, 2.24) is 19.7 Å². The van der Waals surface area contributed by atoms with Crippen LogP contribution in [0.4, 0.5) is 0 Å². The minimum absolute atomic E-state index is 0.134. The highest BCUT2D eigenvalue weighted by atomic mass is 16.5. The fourth-order valence-corrected chi connectivity index (χ4v) is 2.90. The van der Waals surface area contributed by atoms with Gasteiger partial charge in [-0.15, -0.1) is 0 Å². The second-order valence-corrected chi connectivity index (χ2v) is 6.01. The maximum atomic E-state index is 12.5. The van der Waals surface area contributed by atoms with Crippen molar-refractivity contribution in [3.8, 4) is 0 Å². The molecule has 3 rings (SSSR count). The molecule has 24 heavy (non-hydrogen) atoms. The average Bonchev–Trinajstić information content (AvgIpc) is 3.06. The van der Waals surface area contributed by atoms with E-state index in [4.69, 9.17) is 4.74 Å². The molecule has 2 aromatic rings. The van der Waals surface area contributed by atoms with Crippen molar-refractivity contribution < 1.29 is 9.53 Å². The van der Waals surface area contributed by atoms with Gasteiger partial charge in [0.15, 0.2) is 0 Å². The lowest BCUT2D eigenvalue weighted by Gasteiger charge is -2.31. The quantitative estimate of drug-likeness (QED) is 0.915. The van der Waals surface area contributed by atoms with Crippen LogP contribution in [0.15, 0.2) is 35.5 Å². The Kier molecular flexibility index (Phi) is 4.80. The molecule has 2 aromatic heterocycles. The maximum Gasteiger partial charge on any atom is 0.251 e. The lowest BCUT2D eigenvalue weighted by molar-refractivity contribution is -0.00951. The highest BCUT2D eigenvalue weighted by Gasteiger charge is 2.30. The Hall–Kier alpha value is -2.41. The van der Waals surface area contributed by atoms with Crippen LogP contribution in [0.25, 0.3) is 0 Å². The summed E-state index contributed by atoms with van der Waals surface area (Å²) in [6.07, 6.45) is 6.84. The van der Waals surface area contributed by atoms with Gasteiger partial charge in [0, 0.05) is 49.8 Å². The molecule has 1 fully saturated rings. The Morgan fingerprint density at radius 2 is 2.33 bits per heavy atom. The summed E-state index contributed by atoms with van der Waals surface area (Å²) in [7, 11) is 1.65. The lowest BCUT2D eigenvalue weighted by Crippen LogP contribution is -2.43. The van der Waals surface area contributed by atoms with Gasteiger partial charge in [-0.1, -0.05) is 0 Å². The Morgan fingerprint density at radius 1 is 1.50 bits per heavy atom. The predicted molar refractivity (Wildman–Crippen MR) is 88.8 cm³/mol. The van der Waals surface area contributed by atoms with Gasteiger partial charge in [0.05, 0.1) is 12.2 Å². The Morgan fingerprint density at radius 3 is 3.04 bits per heavy atom. The van der Waals surface area contributed by atoms with Crippen molar-refractivity contribution in [3.05, 3.63) is 52.2 Å². The second kappa shape index (κ2) is 7.00. The number of carbonyl (C=O) groups excluding carboxylic acids is 1. The van der Waals surface area contributed by atoms with Gasteiger partial charge in [-0.3, -0.25) is 14.3 Å². The number of nitrogens with zero attached hydrogens (tertiary/aromatic N) is 3. The second-order valence-electron chi connectivity index (χ2n) is 6.01. The van der Waals surface area contributed by atoms with E-state index in [-0.39, 0.29) is 23.6 Å². The van der Waals surface area contributed by atoms with E-state index in [1.54, 1.807) is 25.5 Å². The summed E-state index contributed by atoms with van der Waals surface area (Å²) >= 11 is 0. The van der Waals surface area contributed by atoms with Crippen LogP contribution in [-0.4, -0.2) is 32.9 Å². The third kappa shape index (κ3) is 3.41. The smallest absolute Gasteiger partial charge is 0.251 e. The zero-order valence-electron chi connectivity index (χ0n) is 13.9. The summed E-state index contributed by atoms with van der Waals surface area (Å²) in [5.41, 5.74) is 1.13. The van der Waals surface area contributed by atoms with Crippen molar-refractivity contribution in [1.29, 1.82) is 0 Å². The van der Waals surface area contributed by atoms with Gasteiger partial charge >= 0.3 is 0 Å². The SMILES string of the molecule is CCn1cc([C@H]2OCCC[C@@H]2NC(=O)c2ccn(C)c(=O)c2)cn1. The third-order valence-corrected chi connectivity index (χ3v) is 4.31. The molecule has 0 spiro atoms. The van der Waals surface area contributed by atoms with Crippen molar-refractivity contribution in [2.24, 2.45) is 7.05 Å². The van der Waals surface area contributed by atoms with E-state index in [9.17, 15) is 9.59 Å². The van der Waals surface area contributed by atoms with Crippen molar-refractivity contribution >= 4 is 5.91 Å². The van der Waals surface area contributed by atoms with E-state index < -0.39 is 0 Å². The summed E-state index contributed by atoms with van der Waals surface area (Å²) in [6.45, 7) is 3.48. The number of pyridine rings is 1. The standard InChI is InChI=1S/C17H22N4O3/c1-3-21-11-13(10-18-21)16-14(5-4-8-24-16)19-17(23)12-6-7-20(2)15(22)9-12/h6-7,9-11,14,16H,3-5,8H2,1-2H3,(H,19,23)/t14-,16+/m0/s1. The zero-order chi connectivity index (χ0) is 17.1. The lowest BCUT2D eigenvalue weighted by atomic mass is 9.97. The molecule has 128 valence electrons. The van der Waals surface area contributed by atoms with Gasteiger partial charge in [-0.25, -0.2) is 0 Å². The number of aryl methyl sites for hydroxylation is 2. The molecule has 2 atom stereocenters. The number of hydrogen-bond donors (Lipinski definition) is 1. The van der Waals surface area contributed by atoms with Crippen LogP contribution in [0.5, 0.6) is 0 Å². The van der Waals surface area contributed by atoms with Crippen LogP contribution < -0.4 is 10.9 Å². The minimum Gasteiger partial charge on any atom is -0.371 e. The van der Waals surface area contributed by atoms with E-state index in [2.05, 4.69) is 10.4 Å². The minimum atomic E-state index is -0.254. The Bertz CT molecular complexity index is 780. The van der Waals surface area contributed by atoms with Gasteiger partial charge in [0.2, 0.25) is 0 Å². The number of hydrogen-bond acceptors (Lipinski definition) is 4. The summed E-state index contributed by atoms with van der Waals surface area (Å²) < 4.78 is 9.15. The van der Waals surface area contributed by atoms with Crippen molar-refractivity contribution in [3.63, 3.8) is 0 Å². The molecule has 0 aliphatic carbocycles. The Labute approximate surface area is 140 Å². The molecule has 1 aliphatic heterocycles. The van der Waals surface area contributed by atoms with Crippen LogP contribution in [0, 0.1) is 0 Å². The van der Waals surface area contributed by atoms with E-state index >= 15 is 0 Å². The van der Waals surface area contributed by atoms with E-state index in [0.29, 0.717) is 12.2 Å². The van der Waals surface area contributed by atoms with E-state index in [0.717, 1.165) is 24.9 Å². The van der Waals surface area contributed by atoms with Gasteiger partial charge in [0.1, 0.15) is 6.10 Å². The fourth-order valence-electron chi connectivity index (χ4n) is 2.90. The maximum absolute atomic E-state index is 12.5. The first-order valence-corrected chi connectivity index (χ1v) is 8.20. The number of amides is 1. The molecule has 3 heterocycles. The highest BCUT2D eigenvalue weighted by Crippen LogP contribution is 2.28. The highest BCUT2D eigenvalue weighted by molar-refractivity contribution is 5.94. The molecule has 0 aromatic carbocycles. The molecular formula is C17H22N4O3. The number of nitrogens with one attached hydrogen (secondary N) is 1. The van der Waals surface area contributed by atoms with E-state index in [1.165, 1.54) is 10.6 Å². The molecule has 1 N–H and O–H groups in total. The first kappa shape index (κ1) is 16.4. The van der Waals surface area contributed by atoms with Gasteiger partial charge in [0.25, 0.3) is 11.5 Å². The molecular weight excluding hydrogens is 308 g/mol. The summed E-state index contributed by atoms with van der Waals surface area (Å²) in [4.78, 5) is 24.2. The molecule has 1 amide bonds. The third-order valence-electron chi connectivity index (χ3n) is 4.31. The first-order valence-electron chi connectivity index (χ1n) is 8.20. The Balaban J connectivity index is 1.76. The monoisotopic (exact) mass is 330 g/mol. The zero-order valence-corrected chi connectivity index (χ0v) is 13.9. The number of aromatic nitrogens is 3. The summed E-state index contributed by atoms with van der Waals surface area (Å²) in [5.74, 6) is -0.254. The van der Waals surface area contributed by atoms with Gasteiger partial charge < -0.3 is 14.6 Å². The molecule has 1 saturated heterocycles. The number of rotatable bonds is 4. The summed E-state index contributed by atoms with van der Waals surface area (Å²) in [6, 6.07) is 2.86. The van der Waals surface area contributed by atoms with Crippen LogP contribution >= 0.6 is 0 Å². The van der Waals surface area contributed by atoms with Crippen LogP contribution in [-0.2, 0) is 18.3 Å². The van der Waals surface area contributed by atoms with E-state index in [1.807, 2.05) is 17.8 Å². The molecule has 0 saturated carbocycles. The molecule has 0 radical (unpaired) electrons. The molecule has 1 aliphatic rings. The summed E-state index contributed by atoms with van der Waals surface area (Å²) in [5, 5.41) is 7.29. The molecule has 0 bridgehead atoms. The van der Waals surface area contributed by atoms with Crippen LogP contribution in [0.1, 0.15) is 41.8 Å². The molecule has 7 nitrogen and oxygen atoms in total. The van der Waals surface area contributed by atoms with Crippen LogP contribution in [0.3, 0.4) is 0 Å². The fraction of sp³-hybridized carbons (Fsp3) is 0.471. The van der Waals surface area contributed by atoms with Gasteiger partial charge in [-0.05, 0) is 25.8 Å². The largest absolute Gasteiger partial charge is 0.371 e. The predicted octanol–water partition coefficient (Wildman–Crippen LogP) is 1.25. The molecule has 0 unspecified atom stereocenters. The molecule has 7 heteroatoms. The van der Waals surface area contributed by atoms with Gasteiger partial charge in [-0.2, -0.15) is 5.10 Å². The van der Waals surface area contributed by atoms with Crippen molar-refractivity contribution in [2.45, 2.75) is 38.5 Å². The van der Waals surface area contributed by atoms with Crippen LogP contribution in [0.2, 0.25) is 0 Å². The number of carbonyl (C=O) groups is 1. The van der Waals surface area contributed by atoms with Crippen molar-refractivity contribution in [2.75, 3.05) is 6.61 Å². The normalized spacial score (nSPS) is 20.8. The topological polar surface area (TPSA) is 78.1 Å². The average molecular weight is 330 g/mol. The number of ether oxygens (including phenoxy) is 1.